The number of hydrogen-bond donors (Lipinski definition) is 1. The van der Waals surface area contributed by atoms with Crippen LogP contribution in [0, 0.1) is 19.8 Å². The van der Waals surface area contributed by atoms with Gasteiger partial charge in [-0.05, 0) is 38.8 Å². The second kappa shape index (κ2) is 7.40. The van der Waals surface area contributed by atoms with Crippen LogP contribution in [0.1, 0.15) is 47.4 Å². The molecule has 0 radical (unpaired) electrons. The number of amides is 1. The van der Waals surface area contributed by atoms with Gasteiger partial charge in [0.1, 0.15) is 0 Å². The average Bonchev–Trinajstić information content (AvgIpc) is 2.91. The second-order valence-corrected chi connectivity index (χ2v) is 7.09. The standard InChI is InChI=1S/C20H27N3O2/c1-14-19(15(2)23(21-14)17-10-5-4-6-11-17)20(25)22(3)13-16-9-7-8-12-18(16)24/h4-6,10-11,16,18,24H,7-9,12-13H2,1-3H3. The third kappa shape index (κ3) is 3.61. The van der Waals surface area contributed by atoms with Crippen molar-refractivity contribution in [1.82, 2.24) is 14.7 Å². The van der Waals surface area contributed by atoms with E-state index in [1.165, 1.54) is 0 Å². The van der Waals surface area contributed by atoms with Crippen molar-refractivity contribution in [3.63, 3.8) is 0 Å². The monoisotopic (exact) mass is 341 g/mol. The molecule has 2 aromatic rings. The van der Waals surface area contributed by atoms with Crippen molar-refractivity contribution in [3.8, 4) is 5.69 Å². The van der Waals surface area contributed by atoms with Crippen LogP contribution in [0.2, 0.25) is 0 Å². The van der Waals surface area contributed by atoms with Crippen molar-refractivity contribution in [2.24, 2.45) is 5.92 Å². The van der Waals surface area contributed by atoms with E-state index in [9.17, 15) is 9.90 Å². The minimum atomic E-state index is -0.293. The fourth-order valence-corrected chi connectivity index (χ4v) is 3.80. The normalized spacial score (nSPS) is 20.5. The van der Waals surface area contributed by atoms with Gasteiger partial charge in [-0.1, -0.05) is 31.0 Å². The molecule has 1 N–H and O–H groups in total. The molecular weight excluding hydrogens is 314 g/mol. The van der Waals surface area contributed by atoms with Crippen molar-refractivity contribution in [2.45, 2.75) is 45.6 Å². The van der Waals surface area contributed by atoms with E-state index < -0.39 is 0 Å². The van der Waals surface area contributed by atoms with Gasteiger partial charge in [0.15, 0.2) is 0 Å². The summed E-state index contributed by atoms with van der Waals surface area (Å²) in [6.07, 6.45) is 3.75. The summed E-state index contributed by atoms with van der Waals surface area (Å²) in [6, 6.07) is 9.85. The Labute approximate surface area is 149 Å². The summed E-state index contributed by atoms with van der Waals surface area (Å²) >= 11 is 0. The zero-order valence-electron chi connectivity index (χ0n) is 15.3. The Kier molecular flexibility index (Phi) is 5.23. The number of carbonyl (C=O) groups excluding carboxylic acids is 1. The van der Waals surface area contributed by atoms with Gasteiger partial charge in [-0.25, -0.2) is 4.68 Å². The zero-order valence-corrected chi connectivity index (χ0v) is 15.3. The van der Waals surface area contributed by atoms with E-state index in [4.69, 9.17) is 0 Å². The first kappa shape index (κ1) is 17.7. The fourth-order valence-electron chi connectivity index (χ4n) is 3.80. The minimum absolute atomic E-state index is 0.0186. The van der Waals surface area contributed by atoms with Crippen LogP contribution in [-0.2, 0) is 0 Å². The highest BCUT2D eigenvalue weighted by atomic mass is 16.3. The molecule has 2 unspecified atom stereocenters. The number of para-hydroxylation sites is 1. The largest absolute Gasteiger partial charge is 0.393 e. The lowest BCUT2D eigenvalue weighted by Gasteiger charge is -2.31. The molecule has 2 atom stereocenters. The molecule has 25 heavy (non-hydrogen) atoms. The maximum atomic E-state index is 13.0. The summed E-state index contributed by atoms with van der Waals surface area (Å²) < 4.78 is 1.83. The predicted octanol–water partition coefficient (Wildman–Crippen LogP) is 3.11. The summed E-state index contributed by atoms with van der Waals surface area (Å²) in [5, 5.41) is 14.7. The van der Waals surface area contributed by atoms with Crippen molar-refractivity contribution in [1.29, 1.82) is 0 Å². The van der Waals surface area contributed by atoms with Crippen LogP contribution < -0.4 is 0 Å². The van der Waals surface area contributed by atoms with E-state index >= 15 is 0 Å². The van der Waals surface area contributed by atoms with Crippen molar-refractivity contribution < 1.29 is 9.90 Å². The van der Waals surface area contributed by atoms with Crippen LogP contribution in [0.5, 0.6) is 0 Å². The van der Waals surface area contributed by atoms with Gasteiger partial charge in [-0.15, -0.1) is 0 Å². The maximum Gasteiger partial charge on any atom is 0.257 e. The van der Waals surface area contributed by atoms with Crippen LogP contribution in [0.4, 0.5) is 0 Å². The van der Waals surface area contributed by atoms with E-state index in [1.807, 2.05) is 55.9 Å². The summed E-state index contributed by atoms with van der Waals surface area (Å²) in [7, 11) is 1.82. The van der Waals surface area contributed by atoms with Gasteiger partial charge in [0, 0.05) is 19.5 Å². The molecule has 5 heteroatoms. The molecule has 1 aliphatic carbocycles. The van der Waals surface area contributed by atoms with E-state index in [0.29, 0.717) is 12.1 Å². The van der Waals surface area contributed by atoms with Gasteiger partial charge in [-0.2, -0.15) is 5.10 Å². The predicted molar refractivity (Wildman–Crippen MR) is 98.0 cm³/mol. The van der Waals surface area contributed by atoms with Gasteiger partial charge in [0.05, 0.1) is 28.7 Å². The number of hydrogen-bond acceptors (Lipinski definition) is 3. The van der Waals surface area contributed by atoms with Crippen molar-refractivity contribution in [3.05, 3.63) is 47.3 Å². The number of nitrogens with zero attached hydrogens (tertiary/aromatic N) is 3. The van der Waals surface area contributed by atoms with Gasteiger partial charge in [-0.3, -0.25) is 4.79 Å². The Morgan fingerprint density at radius 2 is 1.92 bits per heavy atom. The summed E-state index contributed by atoms with van der Waals surface area (Å²) in [5.74, 6) is 0.155. The molecule has 1 amide bonds. The second-order valence-electron chi connectivity index (χ2n) is 7.09. The Bertz CT molecular complexity index is 739. The van der Waals surface area contributed by atoms with E-state index in [0.717, 1.165) is 42.8 Å². The van der Waals surface area contributed by atoms with Gasteiger partial charge in [0.25, 0.3) is 5.91 Å². The van der Waals surface area contributed by atoms with Gasteiger partial charge < -0.3 is 10.0 Å². The highest BCUT2D eigenvalue weighted by Gasteiger charge is 2.28. The lowest BCUT2D eigenvalue weighted by atomic mass is 9.86. The number of aromatic nitrogens is 2. The minimum Gasteiger partial charge on any atom is -0.393 e. The third-order valence-corrected chi connectivity index (χ3v) is 5.23. The molecule has 1 saturated carbocycles. The molecule has 5 nitrogen and oxygen atoms in total. The molecule has 3 rings (SSSR count). The van der Waals surface area contributed by atoms with E-state index in [-0.39, 0.29) is 17.9 Å². The average molecular weight is 341 g/mol. The van der Waals surface area contributed by atoms with Crippen LogP contribution in [0.3, 0.4) is 0 Å². The smallest absolute Gasteiger partial charge is 0.257 e. The first-order valence-electron chi connectivity index (χ1n) is 9.04. The highest BCUT2D eigenvalue weighted by molar-refractivity contribution is 5.96. The highest BCUT2D eigenvalue weighted by Crippen LogP contribution is 2.26. The summed E-state index contributed by atoms with van der Waals surface area (Å²) in [4.78, 5) is 14.7. The van der Waals surface area contributed by atoms with Gasteiger partial charge >= 0.3 is 0 Å². The molecule has 1 heterocycles. The Morgan fingerprint density at radius 1 is 1.24 bits per heavy atom. The first-order chi connectivity index (χ1) is 12.0. The summed E-state index contributed by atoms with van der Waals surface area (Å²) in [6.45, 7) is 4.40. The number of aliphatic hydroxyl groups is 1. The number of aryl methyl sites for hydroxylation is 1. The van der Waals surface area contributed by atoms with E-state index in [2.05, 4.69) is 5.10 Å². The molecule has 1 aromatic heterocycles. The Morgan fingerprint density at radius 3 is 2.60 bits per heavy atom. The first-order valence-corrected chi connectivity index (χ1v) is 9.04. The molecule has 1 fully saturated rings. The Hall–Kier alpha value is -2.14. The quantitative estimate of drug-likeness (QED) is 0.929. The van der Waals surface area contributed by atoms with Crippen LogP contribution in [0.25, 0.3) is 5.69 Å². The number of carbonyl (C=O) groups is 1. The van der Waals surface area contributed by atoms with Crippen molar-refractivity contribution >= 4 is 5.91 Å². The SMILES string of the molecule is Cc1nn(-c2ccccc2)c(C)c1C(=O)N(C)CC1CCCCC1O. The number of aliphatic hydroxyl groups excluding tert-OH is 1. The van der Waals surface area contributed by atoms with Crippen molar-refractivity contribution in [2.75, 3.05) is 13.6 Å². The zero-order chi connectivity index (χ0) is 18.0. The Balaban J connectivity index is 1.81. The topological polar surface area (TPSA) is 58.4 Å². The lowest BCUT2D eigenvalue weighted by Crippen LogP contribution is -2.38. The van der Waals surface area contributed by atoms with Crippen LogP contribution in [-0.4, -0.2) is 45.4 Å². The molecule has 0 aliphatic heterocycles. The molecule has 0 bridgehead atoms. The number of benzene rings is 1. The molecular formula is C20H27N3O2. The van der Waals surface area contributed by atoms with Gasteiger partial charge in [0.2, 0.25) is 0 Å². The fraction of sp³-hybridized carbons (Fsp3) is 0.500. The number of rotatable bonds is 4. The molecule has 1 aromatic carbocycles. The molecule has 0 spiro atoms. The van der Waals surface area contributed by atoms with E-state index in [1.54, 1.807) is 4.90 Å². The third-order valence-electron chi connectivity index (χ3n) is 5.23. The lowest BCUT2D eigenvalue weighted by molar-refractivity contribution is 0.0450. The summed E-state index contributed by atoms with van der Waals surface area (Å²) in [5.41, 5.74) is 3.20. The molecule has 134 valence electrons. The maximum absolute atomic E-state index is 13.0. The van der Waals surface area contributed by atoms with Crippen LogP contribution in [0.15, 0.2) is 30.3 Å². The molecule has 0 saturated heterocycles. The molecule has 1 aliphatic rings. The van der Waals surface area contributed by atoms with Crippen LogP contribution >= 0.6 is 0 Å².